The van der Waals surface area contributed by atoms with Crippen molar-refractivity contribution in [2.75, 3.05) is 11.9 Å². The molecule has 2 rings (SSSR count). The van der Waals surface area contributed by atoms with Crippen LogP contribution < -0.4 is 10.1 Å². The second-order valence-electron chi connectivity index (χ2n) is 4.71. The van der Waals surface area contributed by atoms with Crippen LogP contribution in [0.4, 0.5) is 5.69 Å². The lowest BCUT2D eigenvalue weighted by atomic mass is 10.2. The maximum atomic E-state index is 6.22. The predicted molar refractivity (Wildman–Crippen MR) is 96.0 cm³/mol. The summed E-state index contributed by atoms with van der Waals surface area (Å²) < 4.78 is 5.55. The Morgan fingerprint density at radius 1 is 0.955 bits per heavy atom. The summed E-state index contributed by atoms with van der Waals surface area (Å²) in [7, 11) is 0. The quantitative estimate of drug-likeness (QED) is 0.603. The lowest BCUT2D eigenvalue weighted by molar-refractivity contribution is 0.318. The van der Waals surface area contributed by atoms with Crippen LogP contribution in [0.3, 0.4) is 0 Å². The van der Waals surface area contributed by atoms with Gasteiger partial charge in [0.2, 0.25) is 0 Å². The molecule has 0 fully saturated rings. The Balaban J connectivity index is 2.12. The number of anilines is 1. The minimum absolute atomic E-state index is 0.495. The van der Waals surface area contributed by atoms with Gasteiger partial charge in [-0.2, -0.15) is 0 Å². The summed E-state index contributed by atoms with van der Waals surface area (Å²) in [5.74, 6) is 0.523. The Labute approximate surface area is 150 Å². The highest BCUT2D eigenvalue weighted by Crippen LogP contribution is 2.35. The molecule has 1 N–H and O–H groups in total. The third kappa shape index (κ3) is 4.60. The summed E-state index contributed by atoms with van der Waals surface area (Å²) in [6.45, 7) is 3.12. The van der Waals surface area contributed by atoms with Crippen molar-refractivity contribution in [1.29, 1.82) is 0 Å². The van der Waals surface area contributed by atoms with Crippen molar-refractivity contribution in [2.45, 2.75) is 19.9 Å². The van der Waals surface area contributed by atoms with Crippen LogP contribution in [0.25, 0.3) is 0 Å². The molecule has 0 amide bonds. The van der Waals surface area contributed by atoms with Gasteiger partial charge in [-0.1, -0.05) is 53.3 Å². The van der Waals surface area contributed by atoms with Crippen molar-refractivity contribution >= 4 is 52.1 Å². The summed E-state index contributed by atoms with van der Waals surface area (Å²) in [6.07, 6.45) is 0.892. The maximum absolute atomic E-state index is 6.22. The Morgan fingerprint density at radius 3 is 2.27 bits per heavy atom. The molecule has 22 heavy (non-hydrogen) atoms. The topological polar surface area (TPSA) is 21.3 Å². The minimum atomic E-state index is 0.495. The van der Waals surface area contributed by atoms with Crippen molar-refractivity contribution in [1.82, 2.24) is 0 Å². The monoisotopic (exact) mass is 377 g/mol. The van der Waals surface area contributed by atoms with E-state index in [0.717, 1.165) is 17.7 Å². The van der Waals surface area contributed by atoms with E-state index in [0.29, 0.717) is 39.0 Å². The first kappa shape index (κ1) is 17.6. The van der Waals surface area contributed by atoms with Crippen LogP contribution in [0, 0.1) is 0 Å². The first-order valence-electron chi connectivity index (χ1n) is 6.81. The molecule has 0 spiro atoms. The van der Waals surface area contributed by atoms with Crippen molar-refractivity contribution < 1.29 is 4.74 Å². The van der Waals surface area contributed by atoms with E-state index in [-0.39, 0.29) is 0 Å². The van der Waals surface area contributed by atoms with Crippen LogP contribution in [0.5, 0.6) is 5.75 Å². The minimum Gasteiger partial charge on any atom is -0.490 e. The van der Waals surface area contributed by atoms with Gasteiger partial charge in [0.15, 0.2) is 5.75 Å². The predicted octanol–water partition coefficient (Wildman–Crippen LogP) is 6.70. The van der Waals surface area contributed by atoms with Crippen molar-refractivity contribution in [3.63, 3.8) is 0 Å². The average molecular weight is 379 g/mol. The molecule has 0 bridgehead atoms. The smallest absolute Gasteiger partial charge is 0.156 e. The molecular weight excluding hydrogens is 364 g/mol. The molecule has 6 heteroatoms. The first-order valence-corrected chi connectivity index (χ1v) is 8.32. The molecule has 2 aromatic rings. The van der Waals surface area contributed by atoms with Crippen molar-refractivity contribution in [3.05, 3.63) is 56.0 Å². The molecule has 0 saturated carbocycles. The number of ether oxygens (including phenoxy) is 1. The Kier molecular flexibility index (Phi) is 6.51. The molecule has 0 aliphatic rings. The maximum Gasteiger partial charge on any atom is 0.156 e. The lowest BCUT2D eigenvalue weighted by Crippen LogP contribution is -2.02. The average Bonchev–Trinajstić information content (AvgIpc) is 2.47. The van der Waals surface area contributed by atoms with Crippen LogP contribution in [-0.4, -0.2) is 6.61 Å². The molecule has 0 aliphatic heterocycles. The van der Waals surface area contributed by atoms with Crippen LogP contribution in [-0.2, 0) is 6.54 Å². The van der Waals surface area contributed by atoms with Gasteiger partial charge in [-0.25, -0.2) is 0 Å². The van der Waals surface area contributed by atoms with Crippen LogP contribution in [0.1, 0.15) is 18.9 Å². The Hall–Kier alpha value is -0.800. The second-order valence-corrected chi connectivity index (χ2v) is 6.37. The highest BCUT2D eigenvalue weighted by Gasteiger charge is 2.10. The van der Waals surface area contributed by atoms with E-state index < -0.39 is 0 Å². The number of halogens is 4. The van der Waals surface area contributed by atoms with E-state index in [1.165, 1.54) is 0 Å². The summed E-state index contributed by atoms with van der Waals surface area (Å²) in [6, 6.07) is 8.90. The summed E-state index contributed by atoms with van der Waals surface area (Å²) in [5, 5.41) is 5.42. The summed E-state index contributed by atoms with van der Waals surface area (Å²) >= 11 is 24.5. The molecule has 0 saturated heterocycles. The van der Waals surface area contributed by atoms with E-state index in [1.807, 2.05) is 19.1 Å². The Morgan fingerprint density at radius 2 is 1.64 bits per heavy atom. The number of nitrogens with one attached hydrogen (secondary N) is 1. The van der Waals surface area contributed by atoms with E-state index in [9.17, 15) is 0 Å². The van der Waals surface area contributed by atoms with Gasteiger partial charge in [0, 0.05) is 11.6 Å². The van der Waals surface area contributed by atoms with Gasteiger partial charge in [-0.3, -0.25) is 0 Å². The lowest BCUT2D eigenvalue weighted by Gasteiger charge is -2.13. The molecule has 118 valence electrons. The highest BCUT2D eigenvalue weighted by molar-refractivity contribution is 6.37. The van der Waals surface area contributed by atoms with Gasteiger partial charge >= 0.3 is 0 Å². The molecular formula is C16H15Cl4NO. The fourth-order valence-corrected chi connectivity index (χ4v) is 2.88. The zero-order valence-corrected chi connectivity index (χ0v) is 15.0. The SMILES string of the molecule is CCCOc1c(Cl)cc(CNc2cc(Cl)ccc2Cl)cc1Cl. The highest BCUT2D eigenvalue weighted by atomic mass is 35.5. The van der Waals surface area contributed by atoms with Gasteiger partial charge < -0.3 is 10.1 Å². The van der Waals surface area contributed by atoms with Crippen LogP contribution in [0.2, 0.25) is 20.1 Å². The normalized spacial score (nSPS) is 10.6. The third-order valence-electron chi connectivity index (χ3n) is 2.92. The summed E-state index contributed by atoms with van der Waals surface area (Å²) in [5.41, 5.74) is 1.68. The molecule has 0 atom stereocenters. The molecule has 0 unspecified atom stereocenters. The fourth-order valence-electron chi connectivity index (χ4n) is 1.89. The molecule has 2 aromatic carbocycles. The second kappa shape index (κ2) is 8.16. The fraction of sp³-hybridized carbons (Fsp3) is 0.250. The van der Waals surface area contributed by atoms with Gasteiger partial charge in [0.1, 0.15) is 0 Å². The number of hydrogen-bond acceptors (Lipinski definition) is 2. The molecule has 0 aromatic heterocycles. The molecule has 0 aliphatic carbocycles. The standard InChI is InChI=1S/C16H15Cl4NO/c1-2-5-22-16-13(19)6-10(7-14(16)20)9-21-15-8-11(17)3-4-12(15)18/h3-4,6-8,21H,2,5,9H2,1H3. The number of benzene rings is 2. The van der Waals surface area contributed by atoms with Crippen LogP contribution in [0.15, 0.2) is 30.3 Å². The van der Waals surface area contributed by atoms with E-state index in [1.54, 1.807) is 18.2 Å². The molecule has 0 heterocycles. The Bertz CT molecular complexity index is 638. The molecule has 0 radical (unpaired) electrons. The largest absolute Gasteiger partial charge is 0.490 e. The zero-order chi connectivity index (χ0) is 16.1. The first-order chi connectivity index (χ1) is 10.5. The molecule has 2 nitrogen and oxygen atoms in total. The summed E-state index contributed by atoms with van der Waals surface area (Å²) in [4.78, 5) is 0. The van der Waals surface area contributed by atoms with Gasteiger partial charge in [-0.15, -0.1) is 0 Å². The van der Waals surface area contributed by atoms with E-state index >= 15 is 0 Å². The van der Waals surface area contributed by atoms with Gasteiger partial charge in [-0.05, 0) is 42.3 Å². The number of rotatable bonds is 6. The van der Waals surface area contributed by atoms with Crippen molar-refractivity contribution in [3.8, 4) is 5.75 Å². The van der Waals surface area contributed by atoms with E-state index in [4.69, 9.17) is 51.1 Å². The zero-order valence-electron chi connectivity index (χ0n) is 11.9. The van der Waals surface area contributed by atoms with Crippen LogP contribution >= 0.6 is 46.4 Å². The third-order valence-corrected chi connectivity index (χ3v) is 4.05. The van der Waals surface area contributed by atoms with E-state index in [2.05, 4.69) is 5.32 Å². The van der Waals surface area contributed by atoms with Gasteiger partial charge in [0.25, 0.3) is 0 Å². The van der Waals surface area contributed by atoms with Crippen molar-refractivity contribution in [2.24, 2.45) is 0 Å². The number of hydrogen-bond donors (Lipinski definition) is 1. The van der Waals surface area contributed by atoms with Gasteiger partial charge in [0.05, 0.1) is 27.4 Å².